The van der Waals surface area contributed by atoms with E-state index in [1.54, 1.807) is 11.1 Å². The number of rotatable bonds is 5. The van der Waals surface area contributed by atoms with E-state index in [0.717, 1.165) is 5.56 Å². The van der Waals surface area contributed by atoms with Gasteiger partial charge in [0, 0.05) is 50.8 Å². The second-order valence-corrected chi connectivity index (χ2v) is 9.32. The molecule has 170 valence electrons. The van der Waals surface area contributed by atoms with Crippen LogP contribution in [0.5, 0.6) is 0 Å². The zero-order valence-electron chi connectivity index (χ0n) is 17.5. The van der Waals surface area contributed by atoms with Crippen LogP contribution in [0.25, 0.3) is 0 Å². The van der Waals surface area contributed by atoms with Crippen LogP contribution in [0.2, 0.25) is 0 Å². The molecule has 4 aliphatic rings. The van der Waals surface area contributed by atoms with Crippen LogP contribution in [0.1, 0.15) is 12.0 Å². The van der Waals surface area contributed by atoms with Gasteiger partial charge >= 0.3 is 0 Å². The van der Waals surface area contributed by atoms with Crippen molar-refractivity contribution < 1.29 is 23.2 Å². The van der Waals surface area contributed by atoms with E-state index < -0.39 is 41.4 Å². The first-order valence-electron chi connectivity index (χ1n) is 10.7. The summed E-state index contributed by atoms with van der Waals surface area (Å²) in [5.41, 5.74) is 9.79. The highest BCUT2D eigenvalue weighted by Crippen LogP contribution is 2.52. The first-order chi connectivity index (χ1) is 15.2. The van der Waals surface area contributed by atoms with E-state index in [4.69, 9.17) is 5.73 Å². The van der Waals surface area contributed by atoms with Gasteiger partial charge in [-0.2, -0.15) is 0 Å². The SMILES string of the molecule is NC(=O)C1CN(C(=O)C2=CN(Cc3ccccc3)NC2)CC12CN(C(=O)C1CC1(F)F)C2. The highest BCUT2D eigenvalue weighted by Gasteiger charge is 2.66. The number of carbonyl (C=O) groups is 3. The Morgan fingerprint density at radius 2 is 1.72 bits per heavy atom. The van der Waals surface area contributed by atoms with Crippen molar-refractivity contribution in [2.75, 3.05) is 32.7 Å². The molecule has 32 heavy (non-hydrogen) atoms. The van der Waals surface area contributed by atoms with Gasteiger partial charge in [0.15, 0.2) is 0 Å². The topological polar surface area (TPSA) is 99.0 Å². The van der Waals surface area contributed by atoms with Gasteiger partial charge in [-0.3, -0.25) is 14.4 Å². The van der Waals surface area contributed by atoms with Crippen molar-refractivity contribution >= 4 is 17.7 Å². The fourth-order valence-electron chi connectivity index (χ4n) is 5.09. The standard InChI is InChI=1S/C22H25F2N5O3/c23-22(24)6-16(22)20(32)28-12-21(13-28)11-27(10-17(21)18(25)30)19(31)15-7-26-29(9-15)8-14-4-2-1-3-5-14/h1-5,9,16-17,26H,6-8,10-13H2,(H2,25,30). The molecular weight excluding hydrogens is 420 g/mol. The highest BCUT2D eigenvalue weighted by atomic mass is 19.3. The van der Waals surface area contributed by atoms with E-state index >= 15 is 0 Å². The number of halogens is 2. The summed E-state index contributed by atoms with van der Waals surface area (Å²) in [5.74, 6) is -6.08. The molecule has 5 rings (SSSR count). The van der Waals surface area contributed by atoms with Crippen molar-refractivity contribution in [2.24, 2.45) is 23.0 Å². The maximum Gasteiger partial charge on any atom is 0.260 e. The largest absolute Gasteiger partial charge is 0.369 e. The molecule has 0 aromatic heterocycles. The molecule has 2 unspecified atom stereocenters. The number of nitrogens with zero attached hydrogens (tertiary/aromatic N) is 3. The predicted octanol–water partition coefficient (Wildman–Crippen LogP) is 0.318. The smallest absolute Gasteiger partial charge is 0.260 e. The summed E-state index contributed by atoms with van der Waals surface area (Å²) >= 11 is 0. The van der Waals surface area contributed by atoms with Crippen molar-refractivity contribution in [3.63, 3.8) is 0 Å². The van der Waals surface area contributed by atoms with Crippen LogP contribution < -0.4 is 11.2 Å². The summed E-state index contributed by atoms with van der Waals surface area (Å²) in [6.45, 7) is 1.78. The van der Waals surface area contributed by atoms with Crippen molar-refractivity contribution in [2.45, 2.75) is 18.9 Å². The van der Waals surface area contributed by atoms with Crippen LogP contribution in [-0.4, -0.2) is 71.2 Å². The van der Waals surface area contributed by atoms with E-state index in [0.29, 0.717) is 18.7 Å². The molecule has 1 spiro atoms. The lowest BCUT2D eigenvalue weighted by Crippen LogP contribution is -2.64. The average molecular weight is 445 g/mol. The Morgan fingerprint density at radius 3 is 2.34 bits per heavy atom. The second kappa shape index (κ2) is 7.26. The first kappa shape index (κ1) is 20.9. The van der Waals surface area contributed by atoms with Gasteiger partial charge in [0.2, 0.25) is 11.8 Å². The Bertz CT molecular complexity index is 993. The molecule has 3 amide bonds. The molecule has 0 bridgehead atoms. The van der Waals surface area contributed by atoms with Gasteiger partial charge in [0.1, 0.15) is 5.92 Å². The third-order valence-electron chi connectivity index (χ3n) is 6.98. The van der Waals surface area contributed by atoms with Crippen molar-refractivity contribution in [1.82, 2.24) is 20.2 Å². The molecule has 3 N–H and O–H groups in total. The van der Waals surface area contributed by atoms with Crippen LogP contribution in [-0.2, 0) is 20.9 Å². The van der Waals surface area contributed by atoms with Crippen LogP contribution in [0.4, 0.5) is 8.78 Å². The Morgan fingerprint density at radius 1 is 1.06 bits per heavy atom. The summed E-state index contributed by atoms with van der Waals surface area (Å²) in [4.78, 5) is 40.5. The Kier molecular flexibility index (Phi) is 4.74. The van der Waals surface area contributed by atoms with Crippen molar-refractivity contribution in [3.05, 3.63) is 47.7 Å². The molecule has 1 saturated carbocycles. The van der Waals surface area contributed by atoms with Crippen molar-refractivity contribution in [3.8, 4) is 0 Å². The molecular formula is C22H25F2N5O3. The Labute approximate surface area is 184 Å². The van der Waals surface area contributed by atoms with Crippen LogP contribution >= 0.6 is 0 Å². The number of hydrazine groups is 1. The number of nitrogens with one attached hydrogen (secondary N) is 1. The number of hydrogen-bond acceptors (Lipinski definition) is 5. The number of carbonyl (C=O) groups excluding carboxylic acids is 3. The second-order valence-electron chi connectivity index (χ2n) is 9.32. The molecule has 0 radical (unpaired) electrons. The zero-order chi connectivity index (χ0) is 22.7. The van der Waals surface area contributed by atoms with Crippen LogP contribution in [0.3, 0.4) is 0 Å². The molecule has 1 aromatic rings. The van der Waals surface area contributed by atoms with Gasteiger partial charge in [0.05, 0.1) is 18.0 Å². The lowest BCUT2D eigenvalue weighted by Gasteiger charge is -2.50. The molecule has 8 nitrogen and oxygen atoms in total. The highest BCUT2D eigenvalue weighted by molar-refractivity contribution is 5.95. The molecule has 10 heteroatoms. The number of primary amides is 1. The lowest BCUT2D eigenvalue weighted by molar-refractivity contribution is -0.152. The molecule has 2 saturated heterocycles. The van der Waals surface area contributed by atoms with Gasteiger partial charge in [-0.25, -0.2) is 14.2 Å². The minimum Gasteiger partial charge on any atom is -0.369 e. The minimum atomic E-state index is -2.92. The van der Waals surface area contributed by atoms with Gasteiger partial charge < -0.3 is 20.5 Å². The third-order valence-corrected chi connectivity index (χ3v) is 6.98. The molecule has 1 aliphatic carbocycles. The maximum atomic E-state index is 13.3. The van der Waals surface area contributed by atoms with E-state index in [2.05, 4.69) is 5.43 Å². The number of hydrogen-bond donors (Lipinski definition) is 2. The number of amides is 3. The summed E-state index contributed by atoms with van der Waals surface area (Å²) < 4.78 is 26.5. The molecule has 3 aliphatic heterocycles. The van der Waals surface area contributed by atoms with E-state index in [-0.39, 0.29) is 32.1 Å². The summed E-state index contributed by atoms with van der Waals surface area (Å²) in [6, 6.07) is 9.84. The Balaban J connectivity index is 1.23. The van der Waals surface area contributed by atoms with Gasteiger partial charge in [-0.15, -0.1) is 0 Å². The minimum absolute atomic E-state index is 0.172. The quantitative estimate of drug-likeness (QED) is 0.680. The molecule has 3 fully saturated rings. The number of alkyl halides is 2. The molecule has 1 aromatic carbocycles. The number of likely N-dealkylation sites (tertiary alicyclic amines) is 2. The van der Waals surface area contributed by atoms with E-state index in [9.17, 15) is 23.2 Å². The fraction of sp³-hybridized carbons (Fsp3) is 0.500. The maximum absolute atomic E-state index is 13.3. The first-order valence-corrected chi connectivity index (χ1v) is 10.7. The molecule has 2 atom stereocenters. The van der Waals surface area contributed by atoms with Crippen molar-refractivity contribution in [1.29, 1.82) is 0 Å². The van der Waals surface area contributed by atoms with Gasteiger partial charge in [0.25, 0.3) is 11.8 Å². The van der Waals surface area contributed by atoms with Crippen LogP contribution in [0, 0.1) is 17.3 Å². The lowest BCUT2D eigenvalue weighted by atomic mass is 9.71. The summed E-state index contributed by atoms with van der Waals surface area (Å²) in [5, 5.41) is 1.85. The van der Waals surface area contributed by atoms with E-state index in [1.807, 2.05) is 35.3 Å². The Hall–Kier alpha value is -3.01. The van der Waals surface area contributed by atoms with Gasteiger partial charge in [-0.05, 0) is 5.56 Å². The average Bonchev–Trinajstić information content (AvgIpc) is 3.10. The fourth-order valence-corrected chi connectivity index (χ4v) is 5.09. The zero-order valence-corrected chi connectivity index (χ0v) is 17.5. The molecule has 3 heterocycles. The number of benzene rings is 1. The monoisotopic (exact) mass is 445 g/mol. The normalized spacial score (nSPS) is 27.3. The van der Waals surface area contributed by atoms with E-state index in [1.165, 1.54) is 4.90 Å². The summed E-state index contributed by atoms with van der Waals surface area (Å²) in [7, 11) is 0. The summed E-state index contributed by atoms with van der Waals surface area (Å²) in [6.07, 6.45) is 1.35. The van der Waals surface area contributed by atoms with Gasteiger partial charge in [-0.1, -0.05) is 30.3 Å². The third kappa shape index (κ3) is 3.52. The predicted molar refractivity (Wildman–Crippen MR) is 109 cm³/mol. The van der Waals surface area contributed by atoms with Crippen LogP contribution in [0.15, 0.2) is 42.1 Å². The number of nitrogens with two attached hydrogens (primary N) is 1.